The van der Waals surface area contributed by atoms with Crippen LogP contribution in [-0.4, -0.2) is 16.5 Å². The smallest absolute Gasteiger partial charge is 0.135 e. The highest BCUT2D eigenvalue weighted by Gasteiger charge is 2.63. The molecule has 0 bridgehead atoms. The van der Waals surface area contributed by atoms with Crippen molar-refractivity contribution in [2.45, 2.75) is 83.7 Å². The topological polar surface area (TPSA) is 37.3 Å². The maximum Gasteiger partial charge on any atom is 0.135 e. The maximum absolute atomic E-state index is 11.9. The van der Waals surface area contributed by atoms with E-state index in [-0.39, 0.29) is 11.2 Å². The summed E-state index contributed by atoms with van der Waals surface area (Å²) in [5.41, 5.74) is -0.124. The number of aliphatic hydroxyl groups is 1. The fourth-order valence-corrected chi connectivity index (χ4v) is 7.03. The van der Waals surface area contributed by atoms with Gasteiger partial charge in [-0.05, 0) is 68.1 Å². The first-order valence-electron chi connectivity index (χ1n) is 9.12. The molecule has 1 N–H and O–H groups in total. The third kappa shape index (κ3) is 1.77. The second kappa shape index (κ2) is 4.34. The van der Waals surface area contributed by atoms with Gasteiger partial charge < -0.3 is 5.11 Å². The number of hydrogen-bond acceptors (Lipinski definition) is 2. The van der Waals surface area contributed by atoms with Crippen molar-refractivity contribution in [3.8, 4) is 0 Å². The lowest BCUT2D eigenvalue weighted by Gasteiger charge is -2.62. The van der Waals surface area contributed by atoms with Crippen LogP contribution in [0.5, 0.6) is 0 Å². The number of rotatable bonds is 0. The van der Waals surface area contributed by atoms with Crippen LogP contribution in [0.15, 0.2) is 0 Å². The van der Waals surface area contributed by atoms with Gasteiger partial charge in [0.1, 0.15) is 5.78 Å². The Hall–Kier alpha value is -0.370. The van der Waals surface area contributed by atoms with Gasteiger partial charge >= 0.3 is 0 Å². The number of carbonyl (C=O) groups is 1. The summed E-state index contributed by atoms with van der Waals surface area (Å²) in [4.78, 5) is 11.9. The van der Waals surface area contributed by atoms with Gasteiger partial charge in [-0.2, -0.15) is 0 Å². The van der Waals surface area contributed by atoms with Crippen LogP contribution in [0.25, 0.3) is 0 Å². The average Bonchev–Trinajstić information content (AvgIpc) is 2.82. The Kier molecular flexibility index (Phi) is 2.94. The molecule has 0 aromatic carbocycles. The Bertz CT molecular complexity index is 472. The summed E-state index contributed by atoms with van der Waals surface area (Å²) in [5.74, 6) is 2.63. The van der Waals surface area contributed by atoms with Crippen LogP contribution < -0.4 is 0 Å². The van der Waals surface area contributed by atoms with Gasteiger partial charge in [-0.3, -0.25) is 4.79 Å². The van der Waals surface area contributed by atoms with Gasteiger partial charge in [0.15, 0.2) is 0 Å². The number of ketones is 1. The van der Waals surface area contributed by atoms with Crippen LogP contribution in [0.1, 0.15) is 78.1 Å². The Labute approximate surface area is 128 Å². The highest BCUT2D eigenvalue weighted by molar-refractivity contribution is 5.80. The summed E-state index contributed by atoms with van der Waals surface area (Å²) in [7, 11) is 0. The molecule has 4 saturated carbocycles. The molecule has 0 spiro atoms. The Morgan fingerprint density at radius 1 is 1.00 bits per heavy atom. The Morgan fingerprint density at radius 2 is 1.81 bits per heavy atom. The van der Waals surface area contributed by atoms with Crippen LogP contribution in [0.2, 0.25) is 0 Å². The van der Waals surface area contributed by atoms with Crippen LogP contribution in [0.3, 0.4) is 0 Å². The molecule has 0 aromatic rings. The van der Waals surface area contributed by atoms with Crippen LogP contribution in [0.4, 0.5) is 0 Å². The van der Waals surface area contributed by atoms with Crippen LogP contribution in [-0.2, 0) is 4.79 Å². The summed E-state index contributed by atoms with van der Waals surface area (Å²) in [6.07, 6.45) is 10.9. The molecule has 4 aliphatic carbocycles. The van der Waals surface area contributed by atoms with E-state index in [1.165, 1.54) is 32.1 Å². The molecule has 6 atom stereocenters. The second-order valence-electron chi connectivity index (χ2n) is 9.16. The van der Waals surface area contributed by atoms with E-state index in [1.807, 2.05) is 0 Å². The van der Waals surface area contributed by atoms with E-state index in [0.29, 0.717) is 24.2 Å². The molecular weight excluding hydrogens is 260 g/mol. The lowest BCUT2D eigenvalue weighted by atomic mass is 9.44. The molecule has 0 aromatic heterocycles. The minimum atomic E-state index is -0.699. The molecule has 0 amide bonds. The Morgan fingerprint density at radius 3 is 2.62 bits per heavy atom. The maximum atomic E-state index is 11.9. The number of carbonyl (C=O) groups excluding carboxylic acids is 1. The zero-order valence-electron chi connectivity index (χ0n) is 13.7. The number of Topliss-reactive ketones (excluding diaryl/α,β-unsaturated/α-hetero) is 1. The molecule has 4 rings (SSSR count). The first-order chi connectivity index (χ1) is 9.88. The molecule has 2 heteroatoms. The molecule has 0 heterocycles. The third-order valence-electron chi connectivity index (χ3n) is 8.40. The average molecular weight is 290 g/mol. The number of fused-ring (bicyclic) bond motifs is 5. The summed E-state index contributed by atoms with van der Waals surface area (Å²) in [6, 6.07) is 0. The zero-order valence-corrected chi connectivity index (χ0v) is 13.7. The van der Waals surface area contributed by atoms with Crippen molar-refractivity contribution in [2.75, 3.05) is 0 Å². The standard InChI is InChI=1S/C19H30O2/c1-17-8-3-4-15(17)14-6-11-19(21)12-13(20)5-10-18(19,2)16(14)7-9-17/h14-16,21H,3-12H2,1-2H3/t14-,15-,16-,17-,18+,19+/m0/s1. The minimum Gasteiger partial charge on any atom is -0.389 e. The second-order valence-corrected chi connectivity index (χ2v) is 9.16. The van der Waals surface area contributed by atoms with E-state index in [2.05, 4.69) is 13.8 Å². The van der Waals surface area contributed by atoms with Gasteiger partial charge in [0.25, 0.3) is 0 Å². The molecule has 0 saturated heterocycles. The summed E-state index contributed by atoms with van der Waals surface area (Å²) in [5, 5.41) is 11.2. The predicted molar refractivity (Wildman–Crippen MR) is 82.8 cm³/mol. The zero-order chi connectivity index (χ0) is 14.9. The van der Waals surface area contributed by atoms with E-state index >= 15 is 0 Å². The largest absolute Gasteiger partial charge is 0.389 e. The fourth-order valence-electron chi connectivity index (χ4n) is 7.03. The van der Waals surface area contributed by atoms with Crippen molar-refractivity contribution in [1.29, 1.82) is 0 Å². The van der Waals surface area contributed by atoms with Gasteiger partial charge in [0.2, 0.25) is 0 Å². The highest BCUT2D eigenvalue weighted by Crippen LogP contribution is 2.66. The van der Waals surface area contributed by atoms with Crippen molar-refractivity contribution >= 4 is 5.78 Å². The van der Waals surface area contributed by atoms with Crippen LogP contribution >= 0.6 is 0 Å². The van der Waals surface area contributed by atoms with Crippen LogP contribution in [0, 0.1) is 28.6 Å². The monoisotopic (exact) mass is 290 g/mol. The molecule has 4 fully saturated rings. The molecule has 21 heavy (non-hydrogen) atoms. The van der Waals surface area contributed by atoms with Crippen molar-refractivity contribution in [2.24, 2.45) is 28.6 Å². The molecule has 0 aliphatic heterocycles. The van der Waals surface area contributed by atoms with Crippen molar-refractivity contribution in [1.82, 2.24) is 0 Å². The molecule has 0 radical (unpaired) electrons. The summed E-state index contributed by atoms with van der Waals surface area (Å²) >= 11 is 0. The van der Waals surface area contributed by atoms with Gasteiger partial charge in [0.05, 0.1) is 5.60 Å². The first-order valence-corrected chi connectivity index (χ1v) is 9.12. The Balaban J connectivity index is 1.68. The van der Waals surface area contributed by atoms with E-state index < -0.39 is 5.60 Å². The first kappa shape index (κ1) is 14.2. The quantitative estimate of drug-likeness (QED) is 0.729. The normalized spacial score (nSPS) is 56.5. The fraction of sp³-hybridized carbons (Fsp3) is 0.947. The van der Waals surface area contributed by atoms with E-state index in [4.69, 9.17) is 0 Å². The number of hydrogen-bond donors (Lipinski definition) is 1. The molecule has 2 nitrogen and oxygen atoms in total. The summed E-state index contributed by atoms with van der Waals surface area (Å²) in [6.45, 7) is 4.84. The lowest BCUT2D eigenvalue weighted by molar-refractivity contribution is -0.201. The SMILES string of the molecule is C[C@@]12CCC[C@H]1[C@@H]1CC[C@@]3(O)CC(=O)CC[C@]3(C)[C@H]1CC2. The molecule has 0 unspecified atom stereocenters. The van der Waals surface area contributed by atoms with E-state index in [0.717, 1.165) is 31.1 Å². The van der Waals surface area contributed by atoms with Gasteiger partial charge in [0, 0.05) is 18.3 Å². The lowest BCUT2D eigenvalue weighted by Crippen LogP contribution is -2.62. The van der Waals surface area contributed by atoms with Gasteiger partial charge in [-0.15, -0.1) is 0 Å². The molecular formula is C19H30O2. The van der Waals surface area contributed by atoms with Crippen molar-refractivity contribution in [3.05, 3.63) is 0 Å². The van der Waals surface area contributed by atoms with Gasteiger partial charge in [-0.25, -0.2) is 0 Å². The van der Waals surface area contributed by atoms with E-state index in [1.54, 1.807) is 0 Å². The molecule has 118 valence electrons. The minimum absolute atomic E-state index is 0.00620. The predicted octanol–water partition coefficient (Wildman–Crippen LogP) is 4.10. The summed E-state index contributed by atoms with van der Waals surface area (Å²) < 4.78 is 0. The van der Waals surface area contributed by atoms with Crippen molar-refractivity contribution in [3.63, 3.8) is 0 Å². The highest BCUT2D eigenvalue weighted by atomic mass is 16.3. The van der Waals surface area contributed by atoms with E-state index in [9.17, 15) is 9.90 Å². The van der Waals surface area contributed by atoms with Crippen molar-refractivity contribution < 1.29 is 9.90 Å². The third-order valence-corrected chi connectivity index (χ3v) is 8.40. The van der Waals surface area contributed by atoms with Gasteiger partial charge in [-0.1, -0.05) is 20.3 Å². The molecule has 4 aliphatic rings.